The molecular weight excluding hydrogens is 564 g/mol. The fraction of sp³-hybridized carbons (Fsp3) is 0.200. The number of carboxylic acids is 2. The van der Waals surface area contributed by atoms with Gasteiger partial charge >= 0.3 is 11.9 Å². The molecule has 2 N–H and O–H groups in total. The van der Waals surface area contributed by atoms with Crippen molar-refractivity contribution in [1.29, 1.82) is 0 Å². The molecule has 44 heavy (non-hydrogen) atoms. The van der Waals surface area contributed by atoms with Gasteiger partial charge < -0.3 is 33.9 Å². The Labute approximate surface area is 254 Å². The lowest BCUT2D eigenvalue weighted by molar-refractivity contribution is -0.132. The Morgan fingerprint density at radius 3 is 2.48 bits per heavy atom. The van der Waals surface area contributed by atoms with Gasteiger partial charge in [-0.1, -0.05) is 43.3 Å². The van der Waals surface area contributed by atoms with Crippen LogP contribution in [0.4, 0.5) is 0 Å². The number of hydrogen-bond donors (Lipinski definition) is 2. The SMILES string of the molecule is CCCOc1cccc(C=C(Cc2ccc3c(c2)OCO3)C(=O)O)c1-c1ccc(OC)cc1OCc1ccccc1C(=O)O. The number of carbonyl (C=O) groups is 2. The number of hydrogen-bond acceptors (Lipinski definition) is 7. The summed E-state index contributed by atoms with van der Waals surface area (Å²) in [5.74, 6) is 0.583. The summed E-state index contributed by atoms with van der Waals surface area (Å²) in [6.45, 7) is 2.55. The Bertz CT molecular complexity index is 1710. The molecule has 0 bridgehead atoms. The van der Waals surface area contributed by atoms with Gasteiger partial charge in [-0.05, 0) is 60.0 Å². The van der Waals surface area contributed by atoms with Gasteiger partial charge in [0.25, 0.3) is 0 Å². The van der Waals surface area contributed by atoms with Gasteiger partial charge in [0.15, 0.2) is 11.5 Å². The lowest BCUT2D eigenvalue weighted by Crippen LogP contribution is -2.07. The van der Waals surface area contributed by atoms with Crippen LogP contribution in [0.5, 0.6) is 28.7 Å². The Balaban J connectivity index is 1.59. The zero-order chi connectivity index (χ0) is 31.1. The summed E-state index contributed by atoms with van der Waals surface area (Å²) in [5, 5.41) is 19.9. The average molecular weight is 597 g/mol. The van der Waals surface area contributed by atoms with Crippen molar-refractivity contribution >= 4 is 18.0 Å². The molecule has 0 amide bonds. The van der Waals surface area contributed by atoms with Gasteiger partial charge in [0.2, 0.25) is 6.79 Å². The minimum atomic E-state index is -1.06. The van der Waals surface area contributed by atoms with Crippen molar-refractivity contribution in [2.24, 2.45) is 0 Å². The number of fused-ring (bicyclic) bond motifs is 1. The standard InChI is InChI=1S/C35H32O9/c1-3-15-41-30-10-6-8-23(18-25(34(36)37)16-22-11-14-29-32(17-22)44-21-43-29)33(30)28-13-12-26(40-2)19-31(28)42-20-24-7-4-5-9-27(24)35(38)39/h4-14,17-19H,3,15-16,20-21H2,1-2H3,(H,36,37)(H,38,39). The highest BCUT2D eigenvalue weighted by molar-refractivity contribution is 5.95. The van der Waals surface area contributed by atoms with Crippen molar-refractivity contribution in [3.8, 4) is 39.9 Å². The molecule has 0 spiro atoms. The van der Waals surface area contributed by atoms with Crippen molar-refractivity contribution in [3.63, 3.8) is 0 Å². The number of aliphatic carboxylic acids is 1. The van der Waals surface area contributed by atoms with Crippen LogP contribution in [0.2, 0.25) is 0 Å². The first-order valence-corrected chi connectivity index (χ1v) is 14.1. The van der Waals surface area contributed by atoms with Gasteiger partial charge in [0.1, 0.15) is 23.9 Å². The number of benzene rings is 4. The highest BCUT2D eigenvalue weighted by atomic mass is 16.7. The highest BCUT2D eigenvalue weighted by Gasteiger charge is 2.20. The second-order valence-electron chi connectivity index (χ2n) is 10.0. The smallest absolute Gasteiger partial charge is 0.336 e. The maximum absolute atomic E-state index is 12.5. The number of ether oxygens (including phenoxy) is 5. The zero-order valence-electron chi connectivity index (χ0n) is 24.4. The van der Waals surface area contributed by atoms with Crippen LogP contribution in [0.25, 0.3) is 17.2 Å². The first kappa shape index (κ1) is 30.0. The van der Waals surface area contributed by atoms with Crippen molar-refractivity contribution in [2.75, 3.05) is 20.5 Å². The molecule has 9 heteroatoms. The van der Waals surface area contributed by atoms with Crippen molar-refractivity contribution in [2.45, 2.75) is 26.4 Å². The third-order valence-electron chi connectivity index (χ3n) is 7.05. The second kappa shape index (κ2) is 13.7. The number of methoxy groups -OCH3 is 1. The summed E-state index contributed by atoms with van der Waals surface area (Å²) in [6, 6.07) is 22.8. The van der Waals surface area contributed by atoms with Crippen molar-refractivity contribution < 1.29 is 43.5 Å². The maximum atomic E-state index is 12.5. The summed E-state index contributed by atoms with van der Waals surface area (Å²) < 4.78 is 28.7. The van der Waals surface area contributed by atoms with E-state index < -0.39 is 11.9 Å². The van der Waals surface area contributed by atoms with Crippen LogP contribution in [-0.4, -0.2) is 42.7 Å². The van der Waals surface area contributed by atoms with Gasteiger partial charge in [-0.2, -0.15) is 0 Å². The molecule has 4 aromatic rings. The third kappa shape index (κ3) is 6.78. The molecule has 0 saturated carbocycles. The Hall–Kier alpha value is -5.44. The van der Waals surface area contributed by atoms with E-state index in [0.717, 1.165) is 12.0 Å². The minimum Gasteiger partial charge on any atom is -0.497 e. The highest BCUT2D eigenvalue weighted by Crippen LogP contribution is 2.42. The molecule has 226 valence electrons. The maximum Gasteiger partial charge on any atom is 0.336 e. The van der Waals surface area contributed by atoms with E-state index in [4.69, 9.17) is 23.7 Å². The van der Waals surface area contributed by atoms with E-state index in [1.54, 1.807) is 55.7 Å². The lowest BCUT2D eigenvalue weighted by atomic mass is 9.94. The summed E-state index contributed by atoms with van der Waals surface area (Å²) in [6.07, 6.45) is 2.54. The van der Waals surface area contributed by atoms with Gasteiger partial charge in [-0.15, -0.1) is 0 Å². The summed E-state index contributed by atoms with van der Waals surface area (Å²) in [7, 11) is 1.54. The first-order valence-electron chi connectivity index (χ1n) is 14.1. The normalized spacial score (nSPS) is 12.1. The Morgan fingerprint density at radius 1 is 0.886 bits per heavy atom. The molecule has 5 rings (SSSR count). The molecule has 0 aliphatic carbocycles. The molecule has 0 saturated heterocycles. The molecular formula is C35H32O9. The average Bonchev–Trinajstić information content (AvgIpc) is 3.50. The summed E-state index contributed by atoms with van der Waals surface area (Å²) >= 11 is 0. The van der Waals surface area contributed by atoms with E-state index in [9.17, 15) is 19.8 Å². The molecule has 1 aliphatic rings. The van der Waals surface area contributed by atoms with Crippen LogP contribution < -0.4 is 23.7 Å². The minimum absolute atomic E-state index is 0.0176. The van der Waals surface area contributed by atoms with Gasteiger partial charge in [-0.3, -0.25) is 0 Å². The molecule has 0 unspecified atom stereocenters. The number of carboxylic acid groups (broad SMARTS) is 2. The van der Waals surface area contributed by atoms with Crippen molar-refractivity contribution in [3.05, 3.63) is 107 Å². The van der Waals surface area contributed by atoms with Crippen LogP contribution in [0, 0.1) is 0 Å². The van der Waals surface area contributed by atoms with E-state index in [1.807, 2.05) is 37.3 Å². The van der Waals surface area contributed by atoms with Crippen LogP contribution in [0.1, 0.15) is 40.4 Å². The second-order valence-corrected chi connectivity index (χ2v) is 10.0. The van der Waals surface area contributed by atoms with Crippen LogP contribution in [0.15, 0.2) is 84.4 Å². The molecule has 0 radical (unpaired) electrons. The predicted octanol–water partition coefficient (Wildman–Crippen LogP) is 6.87. The number of aromatic carboxylic acids is 1. The summed E-state index contributed by atoms with van der Waals surface area (Å²) in [4.78, 5) is 24.3. The largest absolute Gasteiger partial charge is 0.497 e. The molecule has 0 fully saturated rings. The molecule has 1 heterocycles. The first-order chi connectivity index (χ1) is 21.4. The quantitative estimate of drug-likeness (QED) is 0.159. The van der Waals surface area contributed by atoms with Crippen molar-refractivity contribution in [1.82, 2.24) is 0 Å². The zero-order valence-corrected chi connectivity index (χ0v) is 24.4. The Morgan fingerprint density at radius 2 is 1.70 bits per heavy atom. The summed E-state index contributed by atoms with van der Waals surface area (Å²) in [5.41, 5.74) is 3.43. The van der Waals surface area contributed by atoms with E-state index in [-0.39, 0.29) is 31.0 Å². The van der Waals surface area contributed by atoms with Crippen LogP contribution in [-0.2, 0) is 17.8 Å². The molecule has 0 atom stereocenters. The molecule has 1 aliphatic heterocycles. The van der Waals surface area contributed by atoms with Gasteiger partial charge in [0, 0.05) is 34.8 Å². The van der Waals surface area contributed by atoms with E-state index in [1.165, 1.54) is 6.07 Å². The monoisotopic (exact) mass is 596 g/mol. The molecule has 0 aromatic heterocycles. The third-order valence-corrected chi connectivity index (χ3v) is 7.05. The lowest BCUT2D eigenvalue weighted by Gasteiger charge is -2.19. The van der Waals surface area contributed by atoms with Gasteiger partial charge in [-0.25, -0.2) is 9.59 Å². The molecule has 4 aromatic carbocycles. The van der Waals surface area contributed by atoms with E-state index >= 15 is 0 Å². The predicted molar refractivity (Wildman–Crippen MR) is 164 cm³/mol. The van der Waals surface area contributed by atoms with E-state index in [2.05, 4.69) is 0 Å². The van der Waals surface area contributed by atoms with Gasteiger partial charge in [0.05, 0.1) is 19.3 Å². The number of rotatable bonds is 13. The fourth-order valence-corrected chi connectivity index (χ4v) is 4.90. The van der Waals surface area contributed by atoms with Crippen LogP contribution >= 0.6 is 0 Å². The van der Waals surface area contributed by atoms with Crippen LogP contribution in [0.3, 0.4) is 0 Å². The van der Waals surface area contributed by atoms with E-state index in [0.29, 0.717) is 57.6 Å². The fourth-order valence-electron chi connectivity index (χ4n) is 4.90. The topological polar surface area (TPSA) is 121 Å². The Kier molecular flexibility index (Phi) is 9.34. The molecule has 9 nitrogen and oxygen atoms in total.